The SMILES string of the molecule is C=CP(C([Si](C)(C)C)[Si](C)(C)C)N([Si](C)(C)C)[Si](C)(C)C. The highest BCUT2D eigenvalue weighted by Gasteiger charge is 2.48. The molecule has 0 radical (unpaired) electrons. The summed E-state index contributed by atoms with van der Waals surface area (Å²) in [6.45, 7) is 35.1. The highest BCUT2D eigenvalue weighted by atomic mass is 31.1. The Morgan fingerprint density at radius 3 is 1.14 bits per heavy atom. The van der Waals surface area contributed by atoms with Crippen molar-refractivity contribution >= 4 is 40.7 Å². The van der Waals surface area contributed by atoms with E-state index < -0.39 is 32.6 Å². The van der Waals surface area contributed by atoms with Crippen LogP contribution in [0.1, 0.15) is 0 Å². The first-order chi connectivity index (χ1) is 8.94. The molecule has 1 nitrogen and oxygen atoms in total. The molecule has 0 aliphatic heterocycles. The van der Waals surface area contributed by atoms with E-state index in [1.54, 1.807) is 0 Å². The van der Waals surface area contributed by atoms with E-state index in [1.807, 2.05) is 0 Å². The normalized spacial score (nSPS) is 16.5. The molecule has 0 aromatic carbocycles. The lowest BCUT2D eigenvalue weighted by Crippen LogP contribution is -2.61. The van der Waals surface area contributed by atoms with Gasteiger partial charge in [0.2, 0.25) is 0 Å². The number of rotatable bonds is 7. The summed E-state index contributed by atoms with van der Waals surface area (Å²) in [5.74, 6) is 2.38. The lowest BCUT2D eigenvalue weighted by molar-refractivity contribution is 0.969. The third kappa shape index (κ3) is 6.19. The third-order valence-corrected chi connectivity index (χ3v) is 31.2. The summed E-state index contributed by atoms with van der Waals surface area (Å²) in [6, 6.07) is 0. The van der Waals surface area contributed by atoms with E-state index in [-0.39, 0.29) is 8.07 Å². The van der Waals surface area contributed by atoms with Crippen molar-refractivity contribution < 1.29 is 0 Å². The van der Waals surface area contributed by atoms with Gasteiger partial charge in [0, 0.05) is 0 Å². The van der Waals surface area contributed by atoms with E-state index in [0.717, 1.165) is 4.91 Å². The van der Waals surface area contributed by atoms with Crippen LogP contribution in [0, 0.1) is 0 Å². The highest BCUT2D eigenvalue weighted by Crippen LogP contribution is 2.57. The lowest BCUT2D eigenvalue weighted by atomic mass is 11.3. The molecule has 0 amide bonds. The smallest absolute Gasteiger partial charge is 0.116 e. The fourth-order valence-electron chi connectivity index (χ4n) is 4.09. The molecule has 0 saturated heterocycles. The Hall–Kier alpha value is 0.998. The second-order valence-electron chi connectivity index (χ2n) is 10.4. The topological polar surface area (TPSA) is 3.24 Å². The molecule has 0 aromatic rings. The average Bonchev–Trinajstić information content (AvgIpc) is 2.06. The van der Waals surface area contributed by atoms with E-state index in [1.165, 1.54) is 0 Å². The molecule has 0 aliphatic rings. The summed E-state index contributed by atoms with van der Waals surface area (Å²) in [4.78, 5) is 0.941. The van der Waals surface area contributed by atoms with Gasteiger partial charge in [0.15, 0.2) is 0 Å². The molecule has 1 atom stereocenters. The molecule has 6 heteroatoms. The van der Waals surface area contributed by atoms with Crippen LogP contribution < -0.4 is 0 Å². The third-order valence-electron chi connectivity index (χ3n) is 3.59. The first-order valence-electron chi connectivity index (χ1n) is 8.15. The Morgan fingerprint density at radius 1 is 0.714 bits per heavy atom. The molecule has 0 aliphatic carbocycles. The average molecular weight is 378 g/mol. The van der Waals surface area contributed by atoms with Gasteiger partial charge in [-0.2, -0.15) is 0 Å². The van der Waals surface area contributed by atoms with Gasteiger partial charge < -0.3 is 4.00 Å². The second-order valence-corrected chi connectivity index (χ2v) is 35.3. The summed E-state index contributed by atoms with van der Waals surface area (Å²) in [5.41, 5.74) is 0. The second kappa shape index (κ2) is 6.86. The molecule has 0 heterocycles. The maximum absolute atomic E-state index is 4.33. The van der Waals surface area contributed by atoms with Crippen molar-refractivity contribution in [2.45, 2.75) is 83.5 Å². The van der Waals surface area contributed by atoms with Gasteiger partial charge in [0.05, 0.1) is 16.1 Å². The van der Waals surface area contributed by atoms with Crippen LogP contribution in [-0.4, -0.2) is 41.5 Å². The maximum Gasteiger partial charge on any atom is 0.116 e. The Bertz CT molecular complexity index is 298. The fraction of sp³-hybridized carbons (Fsp3) is 0.867. The number of hydrogen-bond donors (Lipinski definition) is 0. The minimum absolute atomic E-state index is 0.193. The molecule has 0 N–H and O–H groups in total. The van der Waals surface area contributed by atoms with Crippen LogP contribution in [0.25, 0.3) is 0 Å². The van der Waals surface area contributed by atoms with Crippen LogP contribution >= 0.6 is 8.07 Å². The van der Waals surface area contributed by atoms with Gasteiger partial charge in [-0.25, -0.2) is 0 Å². The molecule has 0 rings (SSSR count). The van der Waals surface area contributed by atoms with E-state index in [0.29, 0.717) is 0 Å². The Morgan fingerprint density at radius 2 is 1.00 bits per heavy atom. The number of nitrogens with zero attached hydrogens (tertiary/aromatic N) is 1. The number of hydrogen-bond acceptors (Lipinski definition) is 1. The standard InChI is InChI=1S/C15H40NPSi4/c1-14-17(15(18(2,3)4)19(5,6)7)16(20(8,9)10)21(11,12)13/h14-15H,1H2,2-13H3. The zero-order chi connectivity index (χ0) is 17.4. The van der Waals surface area contributed by atoms with Gasteiger partial charge in [0.1, 0.15) is 16.5 Å². The van der Waals surface area contributed by atoms with Crippen molar-refractivity contribution in [2.75, 3.05) is 0 Å². The fourth-order valence-corrected chi connectivity index (χ4v) is 38.9. The van der Waals surface area contributed by atoms with Crippen molar-refractivity contribution in [1.29, 1.82) is 0 Å². The van der Waals surface area contributed by atoms with E-state index in [4.69, 9.17) is 0 Å². The van der Waals surface area contributed by atoms with Crippen molar-refractivity contribution in [3.63, 3.8) is 0 Å². The maximum atomic E-state index is 4.33. The first kappa shape index (κ1) is 22.0. The molecular formula is C15H40NPSi4. The minimum atomic E-state index is -1.33. The molecule has 0 bridgehead atoms. The largest absolute Gasteiger partial charge is 0.321 e. The van der Waals surface area contributed by atoms with Crippen molar-refractivity contribution in [3.8, 4) is 0 Å². The van der Waals surface area contributed by atoms with Gasteiger partial charge in [-0.1, -0.05) is 91.0 Å². The Labute approximate surface area is 140 Å². The Kier molecular flexibility index (Phi) is 7.18. The molecule has 0 spiro atoms. The predicted octanol–water partition coefficient (Wildman–Crippen LogP) is 6.62. The highest BCUT2D eigenvalue weighted by molar-refractivity contribution is 7.69. The van der Waals surface area contributed by atoms with Gasteiger partial charge >= 0.3 is 0 Å². The van der Waals surface area contributed by atoms with Crippen LogP contribution in [0.15, 0.2) is 12.4 Å². The predicted molar refractivity (Wildman–Crippen MR) is 116 cm³/mol. The summed E-state index contributed by atoms with van der Waals surface area (Å²) in [7, 11) is -5.26. The molecule has 0 aromatic heterocycles. The molecule has 21 heavy (non-hydrogen) atoms. The van der Waals surface area contributed by atoms with Gasteiger partial charge in [0.25, 0.3) is 0 Å². The van der Waals surface area contributed by atoms with Gasteiger partial charge in [-0.3, -0.25) is 0 Å². The van der Waals surface area contributed by atoms with Crippen molar-refractivity contribution in [1.82, 2.24) is 4.00 Å². The summed E-state index contributed by atoms with van der Waals surface area (Å²) in [5, 5.41) is 0. The summed E-state index contributed by atoms with van der Waals surface area (Å²) in [6.07, 6.45) is 0. The zero-order valence-electron chi connectivity index (χ0n) is 16.8. The Balaban J connectivity index is 6.10. The van der Waals surface area contributed by atoms with Gasteiger partial charge in [-0.05, 0) is 13.0 Å². The van der Waals surface area contributed by atoms with Crippen LogP contribution in [0.2, 0.25) is 78.6 Å². The summed E-state index contributed by atoms with van der Waals surface area (Å²) < 4.78 is 3.06. The molecule has 0 fully saturated rings. The lowest BCUT2D eigenvalue weighted by Gasteiger charge is -2.55. The van der Waals surface area contributed by atoms with Crippen LogP contribution in [-0.2, 0) is 0 Å². The summed E-state index contributed by atoms with van der Waals surface area (Å²) >= 11 is 0. The first-order valence-corrected chi connectivity index (χ1v) is 23.6. The van der Waals surface area contributed by atoms with Crippen LogP contribution in [0.4, 0.5) is 0 Å². The molecule has 126 valence electrons. The van der Waals surface area contributed by atoms with Crippen molar-refractivity contribution in [3.05, 3.63) is 12.4 Å². The van der Waals surface area contributed by atoms with E-state index in [2.05, 4.69) is 95.0 Å². The molecule has 1 unspecified atom stereocenters. The van der Waals surface area contributed by atoms with Crippen LogP contribution in [0.3, 0.4) is 0 Å². The minimum Gasteiger partial charge on any atom is -0.321 e. The van der Waals surface area contributed by atoms with E-state index >= 15 is 0 Å². The van der Waals surface area contributed by atoms with Crippen LogP contribution in [0.5, 0.6) is 0 Å². The zero-order valence-corrected chi connectivity index (χ0v) is 21.7. The molecule has 0 saturated carbocycles. The van der Waals surface area contributed by atoms with Crippen molar-refractivity contribution in [2.24, 2.45) is 0 Å². The monoisotopic (exact) mass is 377 g/mol. The quantitative estimate of drug-likeness (QED) is 0.356. The van der Waals surface area contributed by atoms with Gasteiger partial charge in [-0.15, -0.1) is 0 Å². The van der Waals surface area contributed by atoms with E-state index in [9.17, 15) is 0 Å². The molecular weight excluding hydrogens is 337 g/mol.